The highest BCUT2D eigenvalue weighted by Gasteiger charge is 2.30. The summed E-state index contributed by atoms with van der Waals surface area (Å²) in [5, 5.41) is 11.4. The van der Waals surface area contributed by atoms with Crippen molar-refractivity contribution in [1.29, 1.82) is 0 Å². The number of rotatable bonds is 6. The first-order valence-electron chi connectivity index (χ1n) is 8.61. The van der Waals surface area contributed by atoms with Crippen LogP contribution in [-0.2, 0) is 15.8 Å². The van der Waals surface area contributed by atoms with Gasteiger partial charge >= 0.3 is 12.1 Å². The van der Waals surface area contributed by atoms with Crippen LogP contribution in [0.1, 0.15) is 38.2 Å². The maximum Gasteiger partial charge on any atom is 0.416 e. The lowest BCUT2D eigenvalue weighted by Crippen LogP contribution is -2.47. The van der Waals surface area contributed by atoms with Crippen molar-refractivity contribution in [3.05, 3.63) is 29.8 Å². The van der Waals surface area contributed by atoms with E-state index in [4.69, 9.17) is 5.11 Å². The van der Waals surface area contributed by atoms with Crippen LogP contribution in [0.4, 0.5) is 18.9 Å². The number of anilines is 1. The molecule has 1 aliphatic rings. The fraction of sp³-hybridized carbons (Fsp3) is 0.556. The van der Waals surface area contributed by atoms with Crippen LogP contribution in [0.3, 0.4) is 0 Å². The van der Waals surface area contributed by atoms with E-state index >= 15 is 0 Å². The Morgan fingerprint density at radius 2 is 1.96 bits per heavy atom. The number of aliphatic carboxylic acids is 1. The second-order valence-electron chi connectivity index (χ2n) is 6.68. The number of carboxylic acids is 1. The average molecular weight is 372 g/mol. The molecule has 1 aliphatic heterocycles. The van der Waals surface area contributed by atoms with E-state index < -0.39 is 23.8 Å². The minimum Gasteiger partial charge on any atom is -0.481 e. The number of alkyl halides is 3. The van der Waals surface area contributed by atoms with Gasteiger partial charge in [0.05, 0.1) is 11.6 Å². The quantitative estimate of drug-likeness (QED) is 0.800. The van der Waals surface area contributed by atoms with E-state index in [0.717, 1.165) is 31.5 Å². The third-order valence-electron chi connectivity index (χ3n) is 4.72. The van der Waals surface area contributed by atoms with Crippen LogP contribution in [0.15, 0.2) is 24.3 Å². The van der Waals surface area contributed by atoms with Gasteiger partial charge in [-0.25, -0.2) is 0 Å². The summed E-state index contributed by atoms with van der Waals surface area (Å²) in [6, 6.07) is 3.90. The second kappa shape index (κ2) is 8.53. The Morgan fingerprint density at radius 3 is 2.54 bits per heavy atom. The molecule has 144 valence electrons. The molecular formula is C18H23F3N2O3. The van der Waals surface area contributed by atoms with Gasteiger partial charge < -0.3 is 10.4 Å². The van der Waals surface area contributed by atoms with Crippen molar-refractivity contribution >= 4 is 17.6 Å². The number of piperidine rings is 1. The van der Waals surface area contributed by atoms with Crippen LogP contribution in [0.2, 0.25) is 0 Å². The number of amides is 1. The highest BCUT2D eigenvalue weighted by atomic mass is 19.4. The molecule has 2 rings (SSSR count). The summed E-state index contributed by atoms with van der Waals surface area (Å²) < 4.78 is 37.7. The van der Waals surface area contributed by atoms with Crippen molar-refractivity contribution in [3.8, 4) is 0 Å². The summed E-state index contributed by atoms with van der Waals surface area (Å²) in [6.45, 7) is 3.14. The Morgan fingerprint density at radius 1 is 1.31 bits per heavy atom. The summed E-state index contributed by atoms with van der Waals surface area (Å²) in [6.07, 6.45) is -1.88. The maximum atomic E-state index is 12.6. The zero-order chi connectivity index (χ0) is 19.3. The number of nitrogens with zero attached hydrogens (tertiary/aromatic N) is 1. The SMILES string of the molecule is CC(C(=O)Nc1ccc(C(F)(F)F)cc1)N1CCCC(CCC(=O)O)C1. The van der Waals surface area contributed by atoms with Crippen LogP contribution in [0.25, 0.3) is 0 Å². The molecule has 2 N–H and O–H groups in total. The van der Waals surface area contributed by atoms with Crippen LogP contribution < -0.4 is 5.32 Å². The van der Waals surface area contributed by atoms with Crippen molar-refractivity contribution < 1.29 is 27.9 Å². The molecule has 1 fully saturated rings. The molecule has 1 heterocycles. The minimum absolute atomic E-state index is 0.116. The molecule has 0 radical (unpaired) electrons. The molecule has 0 saturated carbocycles. The molecule has 2 atom stereocenters. The molecule has 0 aliphatic carbocycles. The minimum atomic E-state index is -4.41. The van der Waals surface area contributed by atoms with Gasteiger partial charge in [0.1, 0.15) is 0 Å². The van der Waals surface area contributed by atoms with Gasteiger partial charge in [0, 0.05) is 18.7 Å². The van der Waals surface area contributed by atoms with Gasteiger partial charge in [-0.1, -0.05) is 0 Å². The summed E-state index contributed by atoms with van der Waals surface area (Å²) in [4.78, 5) is 25.1. The number of carbonyl (C=O) groups excluding carboxylic acids is 1. The zero-order valence-electron chi connectivity index (χ0n) is 14.6. The molecule has 0 bridgehead atoms. The smallest absolute Gasteiger partial charge is 0.416 e. The van der Waals surface area contributed by atoms with E-state index in [1.54, 1.807) is 6.92 Å². The molecule has 1 aromatic carbocycles. The van der Waals surface area contributed by atoms with E-state index in [1.807, 2.05) is 4.90 Å². The number of nitrogens with one attached hydrogen (secondary N) is 1. The van der Waals surface area contributed by atoms with E-state index in [2.05, 4.69) is 5.32 Å². The number of likely N-dealkylation sites (tertiary alicyclic amines) is 1. The van der Waals surface area contributed by atoms with E-state index in [9.17, 15) is 22.8 Å². The third-order valence-corrected chi connectivity index (χ3v) is 4.72. The average Bonchev–Trinajstić information content (AvgIpc) is 2.59. The number of halogens is 3. The standard InChI is InChI=1S/C18H23F3N2O3/c1-12(23-10-2-3-13(11-23)4-9-16(24)25)17(26)22-15-7-5-14(6-8-15)18(19,20)21/h5-8,12-13H,2-4,9-11H2,1H3,(H,22,26)(H,24,25). The molecule has 2 unspecified atom stereocenters. The molecule has 26 heavy (non-hydrogen) atoms. The van der Waals surface area contributed by atoms with Gasteiger partial charge in [-0.15, -0.1) is 0 Å². The molecule has 1 amide bonds. The number of benzene rings is 1. The summed E-state index contributed by atoms with van der Waals surface area (Å²) in [7, 11) is 0. The van der Waals surface area contributed by atoms with Gasteiger partial charge in [0.15, 0.2) is 0 Å². The topological polar surface area (TPSA) is 69.6 Å². The lowest BCUT2D eigenvalue weighted by molar-refractivity contribution is -0.138. The van der Waals surface area contributed by atoms with Crippen LogP contribution in [0, 0.1) is 5.92 Å². The maximum absolute atomic E-state index is 12.6. The van der Waals surface area contributed by atoms with Crippen molar-refractivity contribution in [2.24, 2.45) is 5.92 Å². The highest BCUT2D eigenvalue weighted by Crippen LogP contribution is 2.30. The number of hydrogen-bond acceptors (Lipinski definition) is 3. The Hall–Kier alpha value is -2.09. The van der Waals surface area contributed by atoms with Crippen molar-refractivity contribution in [2.45, 2.75) is 44.8 Å². The second-order valence-corrected chi connectivity index (χ2v) is 6.68. The lowest BCUT2D eigenvalue weighted by Gasteiger charge is -2.36. The van der Waals surface area contributed by atoms with Crippen LogP contribution in [-0.4, -0.2) is 41.0 Å². The molecule has 5 nitrogen and oxygen atoms in total. The molecule has 0 aromatic heterocycles. The predicted molar refractivity (Wildman–Crippen MR) is 90.7 cm³/mol. The first-order valence-corrected chi connectivity index (χ1v) is 8.61. The Kier molecular flexibility index (Phi) is 6.63. The molecule has 8 heteroatoms. The van der Waals surface area contributed by atoms with E-state index in [0.29, 0.717) is 18.7 Å². The van der Waals surface area contributed by atoms with Crippen molar-refractivity contribution in [2.75, 3.05) is 18.4 Å². The predicted octanol–water partition coefficient (Wildman–Crippen LogP) is 3.61. The van der Waals surface area contributed by atoms with Crippen LogP contribution in [0.5, 0.6) is 0 Å². The first kappa shape index (κ1) is 20.2. The molecule has 1 saturated heterocycles. The first-order chi connectivity index (χ1) is 12.2. The largest absolute Gasteiger partial charge is 0.481 e. The van der Waals surface area contributed by atoms with E-state index in [-0.39, 0.29) is 18.2 Å². The number of carboxylic acid groups (broad SMARTS) is 1. The van der Waals surface area contributed by atoms with Crippen molar-refractivity contribution in [3.63, 3.8) is 0 Å². The highest BCUT2D eigenvalue weighted by molar-refractivity contribution is 5.94. The van der Waals surface area contributed by atoms with Gasteiger partial charge in [-0.3, -0.25) is 14.5 Å². The van der Waals surface area contributed by atoms with Gasteiger partial charge in [-0.05, 0) is 62.9 Å². The van der Waals surface area contributed by atoms with Gasteiger partial charge in [0.25, 0.3) is 0 Å². The zero-order valence-corrected chi connectivity index (χ0v) is 14.6. The van der Waals surface area contributed by atoms with Gasteiger partial charge in [-0.2, -0.15) is 13.2 Å². The third kappa shape index (κ3) is 5.72. The molecule has 1 aromatic rings. The molecular weight excluding hydrogens is 349 g/mol. The fourth-order valence-corrected chi connectivity index (χ4v) is 3.17. The molecule has 0 spiro atoms. The number of carbonyl (C=O) groups is 2. The normalized spacial score (nSPS) is 19.8. The Bertz CT molecular complexity index is 632. The van der Waals surface area contributed by atoms with Crippen molar-refractivity contribution in [1.82, 2.24) is 4.90 Å². The summed E-state index contributed by atoms with van der Waals surface area (Å²) in [5.74, 6) is -0.875. The van der Waals surface area contributed by atoms with E-state index in [1.165, 1.54) is 12.1 Å². The fourth-order valence-electron chi connectivity index (χ4n) is 3.17. The Balaban J connectivity index is 1.91. The summed E-state index contributed by atoms with van der Waals surface area (Å²) >= 11 is 0. The van der Waals surface area contributed by atoms with Gasteiger partial charge in [0.2, 0.25) is 5.91 Å². The lowest BCUT2D eigenvalue weighted by atomic mass is 9.92. The monoisotopic (exact) mass is 372 g/mol. The Labute approximate surface area is 150 Å². The number of hydrogen-bond donors (Lipinski definition) is 2. The summed E-state index contributed by atoms with van der Waals surface area (Å²) in [5.41, 5.74) is -0.449. The van der Waals surface area contributed by atoms with Crippen LogP contribution >= 0.6 is 0 Å².